The molecular weight excluding hydrogens is 314 g/mol. The SMILES string of the molecule is CCO[C@@H](C(=O)N1CCC[C@@H]1c1c(C)nn(C)c1C)c1ccccc1. The molecule has 0 spiro atoms. The van der Waals surface area contributed by atoms with Crippen LogP contribution in [-0.4, -0.2) is 33.7 Å². The van der Waals surface area contributed by atoms with Crippen LogP contribution in [0.3, 0.4) is 0 Å². The lowest BCUT2D eigenvalue weighted by atomic mass is 10.0. The molecule has 1 aromatic carbocycles. The van der Waals surface area contributed by atoms with Crippen LogP contribution in [0.1, 0.15) is 54.4 Å². The highest BCUT2D eigenvalue weighted by atomic mass is 16.5. The maximum atomic E-state index is 13.3. The smallest absolute Gasteiger partial charge is 0.256 e. The predicted octanol–water partition coefficient (Wildman–Crippen LogP) is 3.48. The molecule has 1 saturated heterocycles. The predicted molar refractivity (Wildman–Crippen MR) is 97.2 cm³/mol. The van der Waals surface area contributed by atoms with E-state index in [1.165, 1.54) is 5.56 Å². The number of carbonyl (C=O) groups is 1. The van der Waals surface area contributed by atoms with E-state index >= 15 is 0 Å². The van der Waals surface area contributed by atoms with Crippen LogP contribution in [0, 0.1) is 13.8 Å². The third kappa shape index (κ3) is 3.33. The van der Waals surface area contributed by atoms with E-state index in [9.17, 15) is 4.79 Å². The van der Waals surface area contributed by atoms with Gasteiger partial charge in [0.05, 0.1) is 11.7 Å². The van der Waals surface area contributed by atoms with Crippen molar-refractivity contribution in [3.8, 4) is 0 Å². The van der Waals surface area contributed by atoms with Gasteiger partial charge in [-0.1, -0.05) is 30.3 Å². The maximum Gasteiger partial charge on any atom is 0.256 e. The summed E-state index contributed by atoms with van der Waals surface area (Å²) in [4.78, 5) is 15.3. The van der Waals surface area contributed by atoms with Crippen LogP contribution in [-0.2, 0) is 16.6 Å². The topological polar surface area (TPSA) is 47.4 Å². The second kappa shape index (κ2) is 7.40. The van der Waals surface area contributed by atoms with E-state index in [0.29, 0.717) is 6.61 Å². The van der Waals surface area contributed by atoms with Crippen molar-refractivity contribution in [2.75, 3.05) is 13.2 Å². The summed E-state index contributed by atoms with van der Waals surface area (Å²) in [6.07, 6.45) is 1.45. The Labute approximate surface area is 149 Å². The molecule has 1 aromatic heterocycles. The highest BCUT2D eigenvalue weighted by Crippen LogP contribution is 2.37. The van der Waals surface area contributed by atoms with E-state index in [1.807, 2.05) is 60.8 Å². The fourth-order valence-electron chi connectivity index (χ4n) is 3.86. The van der Waals surface area contributed by atoms with Crippen molar-refractivity contribution in [3.63, 3.8) is 0 Å². The van der Waals surface area contributed by atoms with Gasteiger partial charge in [-0.15, -0.1) is 0 Å². The van der Waals surface area contributed by atoms with Crippen molar-refractivity contribution in [2.45, 2.75) is 45.8 Å². The maximum absolute atomic E-state index is 13.3. The highest BCUT2D eigenvalue weighted by molar-refractivity contribution is 5.83. The number of hydrogen-bond donors (Lipinski definition) is 0. The summed E-state index contributed by atoms with van der Waals surface area (Å²) in [5.41, 5.74) is 4.25. The average Bonchev–Trinajstić information content (AvgIpc) is 3.17. The Morgan fingerprint density at radius 1 is 1.32 bits per heavy atom. The van der Waals surface area contributed by atoms with E-state index in [1.54, 1.807) is 0 Å². The average molecular weight is 341 g/mol. The van der Waals surface area contributed by atoms with Gasteiger partial charge in [-0.3, -0.25) is 9.48 Å². The van der Waals surface area contributed by atoms with Gasteiger partial charge in [0.2, 0.25) is 0 Å². The van der Waals surface area contributed by atoms with Crippen molar-refractivity contribution in [1.29, 1.82) is 0 Å². The molecule has 2 aromatic rings. The molecule has 3 rings (SSSR count). The first-order chi connectivity index (χ1) is 12.0. The lowest BCUT2D eigenvalue weighted by molar-refractivity contribution is -0.145. The van der Waals surface area contributed by atoms with Crippen LogP contribution in [0.15, 0.2) is 30.3 Å². The van der Waals surface area contributed by atoms with Crippen molar-refractivity contribution in [3.05, 3.63) is 52.8 Å². The Kier molecular flexibility index (Phi) is 5.23. The lowest BCUT2D eigenvalue weighted by Gasteiger charge is -2.29. The van der Waals surface area contributed by atoms with E-state index in [-0.39, 0.29) is 11.9 Å². The van der Waals surface area contributed by atoms with Crippen molar-refractivity contribution in [2.24, 2.45) is 7.05 Å². The van der Waals surface area contributed by atoms with E-state index in [4.69, 9.17) is 4.74 Å². The number of hydrogen-bond acceptors (Lipinski definition) is 3. The molecule has 134 valence electrons. The quantitative estimate of drug-likeness (QED) is 0.836. The van der Waals surface area contributed by atoms with Gasteiger partial charge in [0.25, 0.3) is 5.91 Å². The number of rotatable bonds is 5. The molecule has 0 aliphatic carbocycles. The monoisotopic (exact) mass is 341 g/mol. The molecule has 0 bridgehead atoms. The zero-order chi connectivity index (χ0) is 18.0. The summed E-state index contributed by atoms with van der Waals surface area (Å²) < 4.78 is 7.75. The molecule has 0 saturated carbocycles. The third-order valence-corrected chi connectivity index (χ3v) is 5.09. The summed E-state index contributed by atoms with van der Waals surface area (Å²) >= 11 is 0. The Hall–Kier alpha value is -2.14. The van der Waals surface area contributed by atoms with Crippen LogP contribution in [0.25, 0.3) is 0 Å². The summed E-state index contributed by atoms with van der Waals surface area (Å²) in [6.45, 7) is 7.32. The van der Waals surface area contributed by atoms with Crippen LogP contribution in [0.2, 0.25) is 0 Å². The Bertz CT molecular complexity index is 739. The second-order valence-corrected chi connectivity index (χ2v) is 6.64. The minimum atomic E-state index is -0.538. The van der Waals surface area contributed by atoms with E-state index in [0.717, 1.165) is 36.3 Å². The molecular formula is C20H27N3O2. The molecule has 5 nitrogen and oxygen atoms in total. The number of carbonyl (C=O) groups excluding carboxylic acids is 1. The highest BCUT2D eigenvalue weighted by Gasteiger charge is 2.37. The molecule has 1 amide bonds. The lowest BCUT2D eigenvalue weighted by Crippen LogP contribution is -2.36. The number of ether oxygens (including phenoxy) is 1. The van der Waals surface area contributed by atoms with Gasteiger partial charge >= 0.3 is 0 Å². The van der Waals surface area contributed by atoms with Gasteiger partial charge in [0, 0.05) is 31.5 Å². The number of aryl methyl sites for hydroxylation is 2. The number of nitrogens with zero attached hydrogens (tertiary/aromatic N) is 3. The first-order valence-electron chi connectivity index (χ1n) is 9.01. The number of benzene rings is 1. The normalized spacial score (nSPS) is 18.6. The number of amides is 1. The van der Waals surface area contributed by atoms with Crippen molar-refractivity contribution in [1.82, 2.24) is 14.7 Å². The molecule has 0 radical (unpaired) electrons. The van der Waals surface area contributed by atoms with Gasteiger partial charge in [-0.05, 0) is 39.2 Å². The summed E-state index contributed by atoms with van der Waals surface area (Å²) in [5, 5.41) is 4.54. The Balaban J connectivity index is 1.91. The molecule has 1 aliphatic rings. The van der Waals surface area contributed by atoms with E-state index < -0.39 is 6.10 Å². The van der Waals surface area contributed by atoms with Crippen molar-refractivity contribution < 1.29 is 9.53 Å². The molecule has 1 fully saturated rings. The molecule has 2 heterocycles. The third-order valence-electron chi connectivity index (χ3n) is 5.09. The zero-order valence-corrected chi connectivity index (χ0v) is 15.5. The number of aromatic nitrogens is 2. The minimum absolute atomic E-state index is 0.0539. The van der Waals surface area contributed by atoms with Gasteiger partial charge in [0.15, 0.2) is 6.10 Å². The first kappa shape index (κ1) is 17.7. The van der Waals surface area contributed by atoms with E-state index in [2.05, 4.69) is 12.0 Å². The molecule has 1 aliphatic heterocycles. The Morgan fingerprint density at radius 2 is 2.04 bits per heavy atom. The molecule has 25 heavy (non-hydrogen) atoms. The fraction of sp³-hybridized carbons (Fsp3) is 0.500. The standard InChI is InChI=1S/C20H27N3O2/c1-5-25-19(16-10-7-6-8-11-16)20(24)23-13-9-12-17(23)18-14(2)21-22(4)15(18)3/h6-8,10-11,17,19H,5,9,12-13H2,1-4H3/t17-,19-/m1/s1. The number of likely N-dealkylation sites (tertiary alicyclic amines) is 1. The van der Waals surface area contributed by atoms with Crippen molar-refractivity contribution >= 4 is 5.91 Å². The Morgan fingerprint density at radius 3 is 2.64 bits per heavy atom. The van der Waals surface area contributed by atoms with Crippen LogP contribution in [0.5, 0.6) is 0 Å². The second-order valence-electron chi connectivity index (χ2n) is 6.64. The molecule has 5 heteroatoms. The summed E-state index contributed by atoms with van der Waals surface area (Å²) in [5.74, 6) is 0.0539. The van der Waals surface area contributed by atoms with Crippen LogP contribution >= 0.6 is 0 Å². The zero-order valence-electron chi connectivity index (χ0n) is 15.5. The van der Waals surface area contributed by atoms with Crippen LogP contribution < -0.4 is 0 Å². The minimum Gasteiger partial charge on any atom is -0.364 e. The summed E-state index contributed by atoms with van der Waals surface area (Å²) in [7, 11) is 1.96. The van der Waals surface area contributed by atoms with Crippen LogP contribution in [0.4, 0.5) is 0 Å². The summed E-state index contributed by atoms with van der Waals surface area (Å²) in [6, 6.07) is 9.87. The van der Waals surface area contributed by atoms with Gasteiger partial charge in [-0.2, -0.15) is 5.10 Å². The molecule has 2 atom stereocenters. The molecule has 0 unspecified atom stereocenters. The molecule has 0 N–H and O–H groups in total. The fourth-order valence-corrected chi connectivity index (χ4v) is 3.86. The largest absolute Gasteiger partial charge is 0.364 e. The first-order valence-corrected chi connectivity index (χ1v) is 9.01. The van der Waals surface area contributed by atoms with Gasteiger partial charge < -0.3 is 9.64 Å². The van der Waals surface area contributed by atoms with Gasteiger partial charge in [0.1, 0.15) is 0 Å². The van der Waals surface area contributed by atoms with Gasteiger partial charge in [-0.25, -0.2) is 0 Å².